The SMILES string of the molecule is Fc1ccc(-c2nc(-c3ccccc3)nc(-c3cccc(C4=Cc5c(sc6ccc(-c7cccc(-c8nc(-c9ccccc9)nc(-c9ccc(F)cc9)n8)c7)cc56)CC=C4)c3)n2)cc1. The van der Waals surface area contributed by atoms with Gasteiger partial charge in [-0.25, -0.2) is 38.7 Å². The zero-order chi connectivity index (χ0) is 43.0. The number of fused-ring (bicyclic) bond motifs is 3. The van der Waals surface area contributed by atoms with Gasteiger partial charge < -0.3 is 0 Å². The van der Waals surface area contributed by atoms with Crippen molar-refractivity contribution in [2.45, 2.75) is 6.42 Å². The highest BCUT2D eigenvalue weighted by Crippen LogP contribution is 2.40. The number of nitrogens with zero attached hydrogens (tertiary/aromatic N) is 6. The number of allylic oxidation sites excluding steroid dienone is 3. The maximum Gasteiger partial charge on any atom is 0.164 e. The van der Waals surface area contributed by atoms with Gasteiger partial charge in [-0.1, -0.05) is 115 Å². The van der Waals surface area contributed by atoms with Crippen molar-refractivity contribution in [1.82, 2.24) is 29.9 Å². The molecule has 0 fully saturated rings. The standard InChI is InChI=1S/C55H34F2N6S/c56-44-25-20-36(21-26-44)52-58-50(34-10-3-1-4-11-34)60-54(62-52)42-17-7-14-38(30-42)40-16-9-19-48-46(32-40)47-33-41(24-29-49(47)64-48)39-15-8-18-43(31-39)55-61-51(35-12-5-2-6-13-35)59-53(63-55)37-22-27-45(57)28-23-37/h1-18,20-33H,19H2. The van der Waals surface area contributed by atoms with Crippen LogP contribution in [-0.4, -0.2) is 29.9 Å². The molecule has 3 heterocycles. The Morgan fingerprint density at radius 2 is 0.781 bits per heavy atom. The fourth-order valence-electron chi connectivity index (χ4n) is 7.91. The van der Waals surface area contributed by atoms with Gasteiger partial charge in [-0.3, -0.25) is 0 Å². The monoisotopic (exact) mass is 848 g/mol. The Morgan fingerprint density at radius 3 is 1.31 bits per heavy atom. The summed E-state index contributed by atoms with van der Waals surface area (Å²) in [5, 5.41) is 1.18. The van der Waals surface area contributed by atoms with Crippen molar-refractivity contribution < 1.29 is 8.78 Å². The lowest BCUT2D eigenvalue weighted by molar-refractivity contribution is 0.627. The van der Waals surface area contributed by atoms with E-state index in [1.54, 1.807) is 24.3 Å². The maximum atomic E-state index is 13.9. The van der Waals surface area contributed by atoms with E-state index in [0.717, 1.165) is 50.9 Å². The molecule has 0 unspecified atom stereocenters. The normalized spacial score (nSPS) is 12.2. The van der Waals surface area contributed by atoms with Gasteiger partial charge in [0.15, 0.2) is 34.9 Å². The lowest BCUT2D eigenvalue weighted by atomic mass is 9.98. The van der Waals surface area contributed by atoms with E-state index < -0.39 is 0 Å². The minimum atomic E-state index is -0.321. The van der Waals surface area contributed by atoms with Gasteiger partial charge >= 0.3 is 0 Å². The van der Waals surface area contributed by atoms with Gasteiger partial charge in [0.1, 0.15) is 11.6 Å². The Morgan fingerprint density at radius 1 is 0.375 bits per heavy atom. The van der Waals surface area contributed by atoms with E-state index in [0.29, 0.717) is 46.1 Å². The Hall–Kier alpha value is -8.14. The molecule has 11 rings (SSSR count). The van der Waals surface area contributed by atoms with Gasteiger partial charge in [-0.15, -0.1) is 11.3 Å². The molecule has 1 aliphatic carbocycles. The number of hydrogen-bond acceptors (Lipinski definition) is 7. The predicted molar refractivity (Wildman–Crippen MR) is 254 cm³/mol. The first-order valence-electron chi connectivity index (χ1n) is 20.8. The molecule has 0 atom stereocenters. The molecule has 0 saturated heterocycles. The molecule has 0 spiro atoms. The average Bonchev–Trinajstić information content (AvgIpc) is 3.55. The van der Waals surface area contributed by atoms with Crippen LogP contribution in [0, 0.1) is 11.6 Å². The summed E-state index contributed by atoms with van der Waals surface area (Å²) in [4.78, 5) is 30.6. The van der Waals surface area contributed by atoms with Crippen LogP contribution in [0.5, 0.6) is 0 Å². The predicted octanol–water partition coefficient (Wildman–Crippen LogP) is 13.9. The van der Waals surface area contributed by atoms with E-state index >= 15 is 0 Å². The molecule has 0 amide bonds. The summed E-state index contributed by atoms with van der Waals surface area (Å²) in [5.41, 5.74) is 10.2. The van der Waals surface area contributed by atoms with Gasteiger partial charge in [0.05, 0.1) is 0 Å². The fraction of sp³-hybridized carbons (Fsp3) is 0.0182. The topological polar surface area (TPSA) is 77.3 Å². The lowest BCUT2D eigenvalue weighted by Crippen LogP contribution is -2.00. The summed E-state index contributed by atoms with van der Waals surface area (Å²) in [7, 11) is 0. The highest BCUT2D eigenvalue weighted by atomic mass is 32.1. The van der Waals surface area contributed by atoms with Crippen LogP contribution in [0.25, 0.3) is 101 Å². The summed E-state index contributed by atoms with van der Waals surface area (Å²) in [6.07, 6.45) is 7.52. The van der Waals surface area contributed by atoms with Crippen LogP contribution in [0.15, 0.2) is 188 Å². The van der Waals surface area contributed by atoms with Gasteiger partial charge in [-0.05, 0) is 107 Å². The van der Waals surface area contributed by atoms with Crippen LogP contribution in [0.1, 0.15) is 16.0 Å². The molecule has 0 aliphatic heterocycles. The maximum absolute atomic E-state index is 13.9. The van der Waals surface area contributed by atoms with Crippen LogP contribution < -0.4 is 0 Å². The summed E-state index contributed by atoms with van der Waals surface area (Å²) >= 11 is 1.82. The zero-order valence-electron chi connectivity index (χ0n) is 34.0. The van der Waals surface area contributed by atoms with Crippen molar-refractivity contribution in [2.24, 2.45) is 0 Å². The number of aromatic nitrogens is 6. The van der Waals surface area contributed by atoms with Crippen LogP contribution in [0.4, 0.5) is 8.78 Å². The number of benzene rings is 7. The van der Waals surface area contributed by atoms with Crippen molar-refractivity contribution in [3.05, 3.63) is 216 Å². The molecular weight excluding hydrogens is 815 g/mol. The second kappa shape index (κ2) is 16.6. The fourth-order valence-corrected chi connectivity index (χ4v) is 9.05. The molecule has 0 saturated carbocycles. The van der Waals surface area contributed by atoms with Gasteiger partial charge in [-0.2, -0.15) is 0 Å². The van der Waals surface area contributed by atoms with Crippen molar-refractivity contribution in [3.63, 3.8) is 0 Å². The molecule has 10 aromatic rings. The summed E-state index contributed by atoms with van der Waals surface area (Å²) in [5.74, 6) is 2.44. The highest BCUT2D eigenvalue weighted by molar-refractivity contribution is 7.19. The first-order valence-corrected chi connectivity index (χ1v) is 21.6. The third kappa shape index (κ3) is 7.80. The molecule has 64 heavy (non-hydrogen) atoms. The summed E-state index contributed by atoms with van der Waals surface area (Å²) in [6, 6.07) is 55.2. The minimum absolute atomic E-state index is 0.321. The molecule has 304 valence electrons. The van der Waals surface area contributed by atoms with E-state index in [2.05, 4.69) is 60.7 Å². The number of hydrogen-bond donors (Lipinski definition) is 0. The van der Waals surface area contributed by atoms with Crippen LogP contribution >= 0.6 is 11.3 Å². The average molecular weight is 849 g/mol. The molecule has 3 aromatic heterocycles. The molecule has 0 bridgehead atoms. The lowest BCUT2D eigenvalue weighted by Gasteiger charge is -2.10. The van der Waals surface area contributed by atoms with Crippen molar-refractivity contribution in [3.8, 4) is 79.5 Å². The molecule has 7 aromatic carbocycles. The molecule has 6 nitrogen and oxygen atoms in total. The Labute approximate surface area is 371 Å². The third-order valence-corrected chi connectivity index (χ3v) is 12.4. The van der Waals surface area contributed by atoms with Crippen molar-refractivity contribution in [1.29, 1.82) is 0 Å². The zero-order valence-corrected chi connectivity index (χ0v) is 34.8. The van der Waals surface area contributed by atoms with Crippen molar-refractivity contribution in [2.75, 3.05) is 0 Å². The molecule has 0 radical (unpaired) electrons. The van der Waals surface area contributed by atoms with Gasteiger partial charge in [0.25, 0.3) is 0 Å². The number of halogens is 2. The third-order valence-electron chi connectivity index (χ3n) is 11.2. The summed E-state index contributed by atoms with van der Waals surface area (Å²) < 4.78 is 29.0. The molecule has 1 aliphatic rings. The molecular formula is C55H34F2N6S. The first-order chi connectivity index (χ1) is 31.5. The quantitative estimate of drug-likeness (QED) is 0.152. The van der Waals surface area contributed by atoms with E-state index in [1.165, 1.54) is 44.8 Å². The smallest absolute Gasteiger partial charge is 0.164 e. The first kappa shape index (κ1) is 38.8. The van der Waals surface area contributed by atoms with Crippen LogP contribution in [0.2, 0.25) is 0 Å². The minimum Gasteiger partial charge on any atom is -0.208 e. The second-order valence-electron chi connectivity index (χ2n) is 15.4. The number of rotatable bonds is 8. The van der Waals surface area contributed by atoms with Crippen LogP contribution in [0.3, 0.4) is 0 Å². The summed E-state index contributed by atoms with van der Waals surface area (Å²) in [6.45, 7) is 0. The van der Waals surface area contributed by atoms with E-state index in [4.69, 9.17) is 29.9 Å². The van der Waals surface area contributed by atoms with Crippen molar-refractivity contribution >= 4 is 33.1 Å². The second-order valence-corrected chi connectivity index (χ2v) is 16.5. The molecule has 9 heteroatoms. The Balaban J connectivity index is 0.958. The molecule has 0 N–H and O–H groups in total. The van der Waals surface area contributed by atoms with E-state index in [1.807, 2.05) is 96.3 Å². The van der Waals surface area contributed by atoms with Gasteiger partial charge in [0.2, 0.25) is 0 Å². The Kier molecular flexibility index (Phi) is 10.1. The van der Waals surface area contributed by atoms with E-state index in [9.17, 15) is 8.78 Å². The van der Waals surface area contributed by atoms with Crippen LogP contribution in [-0.2, 0) is 6.42 Å². The largest absolute Gasteiger partial charge is 0.208 e. The van der Waals surface area contributed by atoms with E-state index in [-0.39, 0.29) is 11.6 Å². The Bertz CT molecular complexity index is 3420. The highest BCUT2D eigenvalue weighted by Gasteiger charge is 2.18. The van der Waals surface area contributed by atoms with Gasteiger partial charge in [0, 0.05) is 54.8 Å². The number of thiophene rings is 1.